The van der Waals surface area contributed by atoms with Crippen molar-refractivity contribution in [3.63, 3.8) is 0 Å². The predicted molar refractivity (Wildman–Crippen MR) is 118 cm³/mol. The van der Waals surface area contributed by atoms with Crippen LogP contribution in [0.25, 0.3) is 0 Å². The number of para-hydroxylation sites is 1. The van der Waals surface area contributed by atoms with E-state index in [2.05, 4.69) is 4.98 Å². The van der Waals surface area contributed by atoms with Gasteiger partial charge in [-0.15, -0.1) is 0 Å². The number of aryl methyl sites for hydroxylation is 1. The monoisotopic (exact) mass is 416 g/mol. The number of benzene rings is 1. The number of anilines is 1. The van der Waals surface area contributed by atoms with Crippen molar-refractivity contribution < 1.29 is 14.3 Å². The van der Waals surface area contributed by atoms with Crippen LogP contribution in [0.1, 0.15) is 31.9 Å². The average Bonchev–Trinajstić information content (AvgIpc) is 3.01. The number of carbonyl (C=O) groups excluding carboxylic acids is 2. The van der Waals surface area contributed by atoms with Crippen LogP contribution in [0.4, 0.5) is 9.80 Å². The fourth-order valence-electron chi connectivity index (χ4n) is 3.18. The Morgan fingerprint density at radius 1 is 1.20 bits per heavy atom. The molecule has 0 aliphatic rings. The molecule has 0 spiro atoms. The molecule has 0 radical (unpaired) electrons. The maximum atomic E-state index is 13.5. The van der Waals surface area contributed by atoms with Crippen molar-refractivity contribution in [2.75, 3.05) is 12.1 Å². The van der Waals surface area contributed by atoms with Crippen molar-refractivity contribution in [2.24, 2.45) is 5.84 Å². The molecule has 0 atom stereocenters. The summed E-state index contributed by atoms with van der Waals surface area (Å²) in [6, 6.07) is 10.7. The number of nitrogens with two attached hydrogens (primary N) is 1. The zero-order valence-corrected chi connectivity index (χ0v) is 18.2. The third-order valence-electron chi connectivity index (χ3n) is 4.76. The standard InChI is InChI=1S/C21H21N4O3S.Li/c1-14-15(2)29-21(19(14)20(27)17-8-4-5-9-18(17)28-3)24(13-26)25(22)12-16-7-6-10-23-11-16;/h4-11H,12,22H2,1-3H3;. The van der Waals surface area contributed by atoms with Gasteiger partial charge in [-0.05, 0) is 0 Å². The first-order valence-electron chi connectivity index (χ1n) is 9.34. The molecular formula is C21H21LiN4O3S. The number of hydrogen-bond acceptors (Lipinski definition) is 7. The number of nitrogens with zero attached hydrogens (tertiary/aromatic N) is 3. The van der Waals surface area contributed by atoms with Gasteiger partial charge in [-0.25, -0.2) is 0 Å². The van der Waals surface area contributed by atoms with Gasteiger partial charge in [0.05, 0.1) is 0 Å². The molecule has 1 amide bonds. The quantitative estimate of drug-likeness (QED) is 0.275. The summed E-state index contributed by atoms with van der Waals surface area (Å²) in [6.07, 6.45) is 3.35. The topological polar surface area (TPSA) is 88.8 Å². The van der Waals surface area contributed by atoms with Crippen LogP contribution in [0, 0.1) is 13.8 Å². The molecule has 30 heavy (non-hydrogen) atoms. The number of hydrazine groups is 2. The van der Waals surface area contributed by atoms with E-state index in [0.29, 0.717) is 21.9 Å². The van der Waals surface area contributed by atoms with Crippen molar-refractivity contribution in [2.45, 2.75) is 20.4 Å². The van der Waals surface area contributed by atoms with Crippen molar-refractivity contribution in [1.82, 2.24) is 10.1 Å². The molecule has 3 aromatic rings. The fraction of sp³-hybridized carbons (Fsp3) is 0.190. The average molecular weight is 416 g/mol. The van der Waals surface area contributed by atoms with Crippen LogP contribution < -0.4 is 15.6 Å². The maximum absolute atomic E-state index is 13.5. The third kappa shape index (κ3) is 4.48. The van der Waals surface area contributed by atoms with E-state index >= 15 is 0 Å². The molecule has 150 valence electrons. The van der Waals surface area contributed by atoms with Gasteiger partial charge in [0.2, 0.25) is 0 Å². The second kappa shape index (κ2) is 9.56. The molecule has 0 saturated heterocycles. The Kier molecular flexibility index (Phi) is 7.08. The molecule has 0 aliphatic heterocycles. The predicted octanol–water partition coefficient (Wildman–Crippen LogP) is 3.39. The Hall–Kier alpha value is -2.47. The first kappa shape index (κ1) is 22.2. The molecule has 1 aromatic carbocycles. The molecule has 0 fully saturated rings. The van der Waals surface area contributed by atoms with E-state index in [-0.39, 0.29) is 16.9 Å². The van der Waals surface area contributed by atoms with Gasteiger partial charge in [-0.2, -0.15) is 0 Å². The van der Waals surface area contributed by atoms with Crippen LogP contribution in [0.5, 0.6) is 5.75 Å². The molecule has 7 nitrogen and oxygen atoms in total. The van der Waals surface area contributed by atoms with Gasteiger partial charge in [0.1, 0.15) is 0 Å². The van der Waals surface area contributed by atoms with Crippen LogP contribution in [0.3, 0.4) is 0 Å². The molecule has 0 aliphatic carbocycles. The van der Waals surface area contributed by atoms with E-state index in [0.717, 1.165) is 16.0 Å². The zero-order valence-electron chi connectivity index (χ0n) is 17.4. The molecule has 2 heterocycles. The summed E-state index contributed by atoms with van der Waals surface area (Å²) in [5.74, 6) is 6.55. The van der Waals surface area contributed by atoms with Gasteiger partial charge in [-0.1, -0.05) is 0 Å². The molecule has 0 unspecified atom stereocenters. The zero-order chi connectivity index (χ0) is 21.8. The number of ketones is 1. The number of hydrogen-bond donors (Lipinski definition) is 1. The Balaban J connectivity index is 2.07. The third-order valence-corrected chi connectivity index (χ3v) is 5.94. The Labute approximate surface area is 188 Å². The van der Waals surface area contributed by atoms with Gasteiger partial charge in [-0.3, -0.25) is 0 Å². The SMILES string of the molecule is [Li][C](=O)N(c1sc(C)c(C)c1C(=O)c1ccccc1OC)N(N)Cc1cccnc1. The number of methoxy groups -OCH3 is 1. The Morgan fingerprint density at radius 2 is 1.93 bits per heavy atom. The fourth-order valence-corrected chi connectivity index (χ4v) is 4.40. The second-order valence-corrected chi connectivity index (χ2v) is 7.99. The molecule has 0 bridgehead atoms. The second-order valence-electron chi connectivity index (χ2n) is 6.78. The summed E-state index contributed by atoms with van der Waals surface area (Å²) < 4.78 is 5.07. The van der Waals surface area contributed by atoms with Gasteiger partial charge in [0, 0.05) is 0 Å². The van der Waals surface area contributed by atoms with E-state index in [1.54, 1.807) is 42.7 Å². The molecule has 3 rings (SSSR count). The van der Waals surface area contributed by atoms with Crippen molar-refractivity contribution >= 4 is 44.4 Å². The minimum absolute atomic E-state index is 0.217. The van der Waals surface area contributed by atoms with Crippen molar-refractivity contribution in [3.8, 4) is 5.75 Å². The van der Waals surface area contributed by atoms with Gasteiger partial charge in [0.25, 0.3) is 0 Å². The number of thiophene rings is 1. The molecule has 2 N–H and O–H groups in total. The molecule has 9 heteroatoms. The van der Waals surface area contributed by atoms with Crippen LogP contribution >= 0.6 is 11.3 Å². The van der Waals surface area contributed by atoms with Crippen LogP contribution in [-0.4, -0.2) is 45.3 Å². The van der Waals surface area contributed by atoms with Crippen LogP contribution in [0.15, 0.2) is 48.8 Å². The molecule has 0 saturated carbocycles. The Morgan fingerprint density at radius 3 is 2.57 bits per heavy atom. The first-order chi connectivity index (χ1) is 14.3. The summed E-state index contributed by atoms with van der Waals surface area (Å²) in [7, 11) is 1.52. The number of aromatic nitrogens is 1. The van der Waals surface area contributed by atoms with E-state index < -0.39 is 0 Å². The summed E-state index contributed by atoms with van der Waals surface area (Å²) in [4.78, 5) is 31.1. The van der Waals surface area contributed by atoms with Gasteiger partial charge in [0.15, 0.2) is 0 Å². The van der Waals surface area contributed by atoms with Gasteiger partial charge >= 0.3 is 189 Å². The van der Waals surface area contributed by atoms with Gasteiger partial charge < -0.3 is 0 Å². The number of pyridine rings is 1. The Bertz CT molecular complexity index is 1070. The summed E-state index contributed by atoms with van der Waals surface area (Å²) in [5, 5.41) is 3.14. The molecular weight excluding hydrogens is 395 g/mol. The van der Waals surface area contributed by atoms with E-state index in [1.807, 2.05) is 19.9 Å². The minimum atomic E-state index is -0.295. The first-order valence-corrected chi connectivity index (χ1v) is 10.2. The summed E-state index contributed by atoms with van der Waals surface area (Å²) >= 11 is 2.78. The number of rotatable bonds is 7. The number of carbonyl (C=O) groups is 2. The van der Waals surface area contributed by atoms with E-state index in [9.17, 15) is 9.59 Å². The summed E-state index contributed by atoms with van der Waals surface area (Å²) in [5.41, 5.74) is 2.53. The summed E-state index contributed by atoms with van der Waals surface area (Å²) in [6.45, 7) is 4.05. The van der Waals surface area contributed by atoms with E-state index in [4.69, 9.17) is 10.6 Å². The van der Waals surface area contributed by atoms with Crippen molar-refractivity contribution in [3.05, 3.63) is 75.9 Å². The number of ether oxygens (including phenoxy) is 1. The van der Waals surface area contributed by atoms with E-state index in [1.165, 1.54) is 46.3 Å². The normalized spacial score (nSPS) is 10.9. The van der Waals surface area contributed by atoms with Crippen molar-refractivity contribution in [1.29, 1.82) is 0 Å². The van der Waals surface area contributed by atoms with Crippen LogP contribution in [-0.2, 0) is 6.54 Å². The van der Waals surface area contributed by atoms with Crippen LogP contribution in [0.2, 0.25) is 0 Å². The molecule has 2 aromatic heterocycles. The number of amides is 1.